The number of aliphatic hydroxyl groups is 2. The van der Waals surface area contributed by atoms with Gasteiger partial charge in [-0.05, 0) is 81.8 Å². The van der Waals surface area contributed by atoms with E-state index in [0.29, 0.717) is 56.3 Å². The average Bonchev–Trinajstić information content (AvgIpc) is 4.15. The number of alkyl halides is 1. The number of carbonyl (C=O) groups excluding carboxylic acids is 5. The summed E-state index contributed by atoms with van der Waals surface area (Å²) in [7, 11) is 2.71. The van der Waals surface area contributed by atoms with Crippen LogP contribution in [-0.4, -0.2) is 124 Å². The van der Waals surface area contributed by atoms with Gasteiger partial charge in [0.1, 0.15) is 11.6 Å². The smallest absolute Gasteiger partial charge is 0.339 e. The fraction of sp³-hybridized carbons (Fsp3) is 0.308. The summed E-state index contributed by atoms with van der Waals surface area (Å²) in [6.07, 6.45) is -1.45. The molecule has 0 aliphatic heterocycles. The van der Waals surface area contributed by atoms with Crippen LogP contribution in [0.5, 0.6) is 11.8 Å². The minimum Gasteiger partial charge on any atom is -0.479 e. The number of methoxy groups -OCH3 is 2. The Bertz CT molecular complexity index is 2940. The van der Waals surface area contributed by atoms with Gasteiger partial charge in [-0.1, -0.05) is 97.2 Å². The van der Waals surface area contributed by atoms with Crippen LogP contribution in [0.25, 0.3) is 22.3 Å². The molecule has 2 amide bonds. The highest BCUT2D eigenvalue weighted by Crippen LogP contribution is 2.28. The van der Waals surface area contributed by atoms with E-state index in [-0.39, 0.29) is 54.8 Å². The quantitative estimate of drug-likeness (QED) is 0.0158. The van der Waals surface area contributed by atoms with E-state index in [1.165, 1.54) is 72.8 Å². The maximum atomic E-state index is 14.3. The standard InChI is InChI=1S/C26H27ClFN3O8.C21H19ClFN3O6.C5H9ClO2/c1-3-4-24(33)37-15-38-26(35)21(32)14-31(29-25(34)22-12-23(36-2)30-39-22)13-16-5-7-17(8-6-16)19-11-18(27)9-10-20(19)28;1-31-19-9-18(32-25-19)20(28)24-26(11-17(27)21(29)30)10-12-2-4-13(5-3-12)15-8-14(22)6-7-16(15)23;1-2-3-5(7)8-4-6/h5-12,21,32H,3-4,13-15H2,1-2H3,(H,29,34);2-9,17,27H,10-11H2,1H3,(H,24,28)(H,29,30);2-4H2,1H3/t21-;17-;/m11./s1. The van der Waals surface area contributed by atoms with E-state index in [1.54, 1.807) is 55.5 Å². The number of aliphatic carboxylic acids is 1. The van der Waals surface area contributed by atoms with Crippen molar-refractivity contribution >= 4 is 70.5 Å². The number of carboxylic acid groups (broad SMARTS) is 1. The Morgan fingerprint density at radius 1 is 0.620 bits per heavy atom. The minimum absolute atomic E-state index is 0.0190. The van der Waals surface area contributed by atoms with Gasteiger partial charge in [0.25, 0.3) is 11.8 Å². The monoisotopic (exact) mass is 1160 g/mol. The van der Waals surface area contributed by atoms with Gasteiger partial charge in [0, 0.05) is 47.1 Å². The predicted molar refractivity (Wildman–Crippen MR) is 279 cm³/mol. The number of halogens is 5. The van der Waals surface area contributed by atoms with E-state index in [4.69, 9.17) is 67.9 Å². The van der Waals surface area contributed by atoms with Crippen LogP contribution in [-0.2, 0) is 46.5 Å². The number of rotatable bonds is 25. The van der Waals surface area contributed by atoms with Crippen LogP contribution in [0.3, 0.4) is 0 Å². The minimum atomic E-state index is -1.75. The molecule has 0 fully saturated rings. The van der Waals surface area contributed by atoms with Crippen LogP contribution in [0, 0.1) is 11.6 Å². The third kappa shape index (κ3) is 21.6. The molecule has 79 heavy (non-hydrogen) atoms. The molecule has 4 aromatic carbocycles. The van der Waals surface area contributed by atoms with Crippen molar-refractivity contribution < 1.29 is 85.6 Å². The molecule has 0 bridgehead atoms. The van der Waals surface area contributed by atoms with Gasteiger partial charge < -0.3 is 48.1 Å². The number of carbonyl (C=O) groups is 6. The summed E-state index contributed by atoms with van der Waals surface area (Å²) in [6.45, 7) is 2.30. The normalized spacial score (nSPS) is 11.5. The number of benzene rings is 4. The third-order valence-electron chi connectivity index (χ3n) is 10.4. The molecule has 424 valence electrons. The number of amides is 2. The van der Waals surface area contributed by atoms with Gasteiger partial charge in [-0.2, -0.15) is 0 Å². The lowest BCUT2D eigenvalue weighted by molar-refractivity contribution is -0.174. The molecule has 2 atom stereocenters. The number of hydrogen-bond donors (Lipinski definition) is 5. The van der Waals surface area contributed by atoms with Crippen molar-refractivity contribution in [3.8, 4) is 34.0 Å². The van der Waals surface area contributed by atoms with E-state index >= 15 is 0 Å². The molecule has 22 nitrogen and oxygen atoms in total. The second-order valence-electron chi connectivity index (χ2n) is 16.3. The lowest BCUT2D eigenvalue weighted by Gasteiger charge is -2.24. The Balaban J connectivity index is 0.000000303. The third-order valence-corrected chi connectivity index (χ3v) is 11.0. The topological polar surface area (TPSA) is 292 Å². The number of hydrazine groups is 2. The highest BCUT2D eigenvalue weighted by atomic mass is 35.5. The summed E-state index contributed by atoms with van der Waals surface area (Å²) in [5.74, 6) is -5.74. The van der Waals surface area contributed by atoms with Crippen molar-refractivity contribution in [3.05, 3.63) is 141 Å². The molecule has 0 aliphatic rings. The first kappa shape index (κ1) is 63.8. The zero-order valence-corrected chi connectivity index (χ0v) is 45.1. The molecule has 2 aromatic heterocycles. The highest BCUT2D eigenvalue weighted by molar-refractivity contribution is 6.31. The second-order valence-corrected chi connectivity index (χ2v) is 17.4. The van der Waals surface area contributed by atoms with E-state index in [2.05, 4.69) is 25.9 Å². The first-order valence-corrected chi connectivity index (χ1v) is 24.9. The Kier molecular flexibility index (Phi) is 26.6. The van der Waals surface area contributed by atoms with Gasteiger partial charge in [0.15, 0.2) is 18.3 Å². The van der Waals surface area contributed by atoms with Crippen molar-refractivity contribution in [2.24, 2.45) is 0 Å². The zero-order chi connectivity index (χ0) is 58.0. The number of carboxylic acids is 1. The molecule has 0 saturated carbocycles. The van der Waals surface area contributed by atoms with Crippen molar-refractivity contribution in [1.29, 1.82) is 0 Å². The molecule has 0 radical (unpaired) electrons. The molecule has 0 saturated heterocycles. The molecule has 6 aromatic rings. The van der Waals surface area contributed by atoms with Gasteiger partial charge in [-0.25, -0.2) is 28.4 Å². The fourth-order valence-electron chi connectivity index (χ4n) is 6.51. The number of ether oxygens (including phenoxy) is 5. The number of esters is 3. The van der Waals surface area contributed by atoms with Gasteiger partial charge in [-0.3, -0.25) is 30.0 Å². The number of hydrogen-bond acceptors (Lipinski definition) is 19. The predicted octanol–water partition coefficient (Wildman–Crippen LogP) is 7.76. The molecule has 27 heteroatoms. The van der Waals surface area contributed by atoms with E-state index in [1.807, 2.05) is 6.92 Å². The Hall–Kier alpha value is -7.71. The lowest BCUT2D eigenvalue weighted by atomic mass is 10.0. The van der Waals surface area contributed by atoms with Gasteiger partial charge in [0.2, 0.25) is 18.3 Å². The fourth-order valence-corrected chi connectivity index (χ4v) is 6.98. The molecule has 0 spiro atoms. The molecule has 6 rings (SSSR count). The number of nitrogens with zero attached hydrogens (tertiary/aromatic N) is 4. The van der Waals surface area contributed by atoms with Crippen LogP contribution in [0.1, 0.15) is 71.8 Å². The van der Waals surface area contributed by atoms with Crippen molar-refractivity contribution in [2.45, 2.75) is 64.8 Å². The molecule has 2 heterocycles. The van der Waals surface area contributed by atoms with E-state index in [0.717, 1.165) is 6.42 Å². The summed E-state index contributed by atoms with van der Waals surface area (Å²) >= 11 is 17.0. The largest absolute Gasteiger partial charge is 0.479 e. The van der Waals surface area contributed by atoms with Crippen LogP contribution < -0.4 is 20.3 Å². The number of nitrogens with one attached hydrogen (secondary N) is 2. The highest BCUT2D eigenvalue weighted by Gasteiger charge is 2.26. The first-order valence-electron chi connectivity index (χ1n) is 23.6. The Morgan fingerprint density at radius 2 is 1.04 bits per heavy atom. The van der Waals surface area contributed by atoms with E-state index in [9.17, 15) is 47.8 Å². The molecule has 5 N–H and O–H groups in total. The average molecular weight is 1160 g/mol. The van der Waals surface area contributed by atoms with E-state index < -0.39 is 73.4 Å². The zero-order valence-electron chi connectivity index (χ0n) is 42.8. The van der Waals surface area contributed by atoms with Gasteiger partial charge in [-0.15, -0.1) is 0 Å². The van der Waals surface area contributed by atoms with Crippen molar-refractivity contribution in [3.63, 3.8) is 0 Å². The summed E-state index contributed by atoms with van der Waals surface area (Å²) in [4.78, 5) is 70.2. The maximum Gasteiger partial charge on any atom is 0.339 e. The van der Waals surface area contributed by atoms with Crippen molar-refractivity contribution in [2.75, 3.05) is 40.2 Å². The maximum absolute atomic E-state index is 14.3. The Labute approximate surface area is 465 Å². The SMILES string of the molecule is CCCC(=O)OCCl.CCCC(=O)OCOC(=O)[C@H](O)CN(Cc1ccc(-c2cc(Cl)ccc2F)cc1)NC(=O)c1cc(OC)no1.COc1cc(C(=O)NN(Cc2ccc(-c3cc(Cl)ccc3F)cc2)C[C@@H](O)C(=O)O)on1. The molecule has 0 aliphatic carbocycles. The van der Waals surface area contributed by atoms with Gasteiger partial charge >= 0.3 is 35.7 Å². The number of aliphatic hydroxyl groups excluding tert-OH is 2. The molecule has 0 unspecified atom stereocenters. The summed E-state index contributed by atoms with van der Waals surface area (Å²) in [5, 5.41) is 39.5. The summed E-state index contributed by atoms with van der Waals surface area (Å²) < 4.78 is 61.9. The molecular weight excluding hydrogens is 1110 g/mol. The first-order chi connectivity index (χ1) is 37.8. The van der Waals surface area contributed by atoms with Crippen LogP contribution in [0.4, 0.5) is 8.78 Å². The lowest BCUT2D eigenvalue weighted by Crippen LogP contribution is -2.47. The van der Waals surface area contributed by atoms with Crippen molar-refractivity contribution in [1.82, 2.24) is 31.2 Å². The van der Waals surface area contributed by atoms with Gasteiger partial charge in [0.05, 0.1) is 39.4 Å². The number of aromatic nitrogens is 2. The van der Waals surface area contributed by atoms with Crippen LogP contribution in [0.2, 0.25) is 10.0 Å². The summed E-state index contributed by atoms with van der Waals surface area (Å²) in [5.41, 5.74) is 8.11. The van der Waals surface area contributed by atoms with Crippen LogP contribution in [0.15, 0.2) is 106 Å². The molecular formula is C52H55Cl3F2N6O16. The Morgan fingerprint density at radius 3 is 1.42 bits per heavy atom. The summed E-state index contributed by atoms with van der Waals surface area (Å²) in [6, 6.07) is 24.3. The van der Waals surface area contributed by atoms with Crippen LogP contribution >= 0.6 is 34.8 Å². The second kappa shape index (κ2) is 32.9.